The summed E-state index contributed by atoms with van der Waals surface area (Å²) in [6, 6.07) is 4.84. The van der Waals surface area contributed by atoms with E-state index in [1.165, 1.54) is 38.5 Å². The second-order valence-corrected chi connectivity index (χ2v) is 5.66. The van der Waals surface area contributed by atoms with Crippen molar-refractivity contribution in [1.82, 2.24) is 4.98 Å². The van der Waals surface area contributed by atoms with Crippen molar-refractivity contribution in [2.24, 2.45) is 5.92 Å². The lowest BCUT2D eigenvalue weighted by molar-refractivity contribution is 0.0697. The summed E-state index contributed by atoms with van der Waals surface area (Å²) in [6.45, 7) is 0. The minimum absolute atomic E-state index is 0.256. The average molecular weight is 273 g/mol. The van der Waals surface area contributed by atoms with Gasteiger partial charge in [0.25, 0.3) is 0 Å². The fourth-order valence-electron chi connectivity index (χ4n) is 3.01. The number of aromatic nitrogens is 1. The van der Waals surface area contributed by atoms with E-state index in [2.05, 4.69) is 4.98 Å². The van der Waals surface area contributed by atoms with E-state index in [4.69, 9.17) is 9.52 Å². The number of benzene rings is 1. The number of rotatable bonds is 3. The summed E-state index contributed by atoms with van der Waals surface area (Å²) in [4.78, 5) is 15.4. The molecule has 0 aliphatic heterocycles. The molecule has 3 rings (SSSR count). The Bertz CT molecular complexity index is 609. The first kappa shape index (κ1) is 13.2. The topological polar surface area (TPSA) is 63.3 Å². The van der Waals surface area contributed by atoms with E-state index in [0.717, 1.165) is 12.3 Å². The van der Waals surface area contributed by atoms with Crippen molar-refractivity contribution in [3.8, 4) is 0 Å². The molecule has 1 aromatic heterocycles. The first-order valence-corrected chi connectivity index (χ1v) is 7.35. The molecule has 0 spiro atoms. The first-order chi connectivity index (χ1) is 9.72. The molecule has 106 valence electrons. The Labute approximate surface area is 117 Å². The van der Waals surface area contributed by atoms with Gasteiger partial charge < -0.3 is 9.52 Å². The zero-order valence-corrected chi connectivity index (χ0v) is 11.5. The van der Waals surface area contributed by atoms with Crippen LogP contribution >= 0.6 is 0 Å². The maximum atomic E-state index is 10.9. The van der Waals surface area contributed by atoms with E-state index in [0.29, 0.717) is 17.0 Å². The van der Waals surface area contributed by atoms with E-state index < -0.39 is 5.97 Å². The van der Waals surface area contributed by atoms with Gasteiger partial charge in [0.15, 0.2) is 11.5 Å². The highest BCUT2D eigenvalue weighted by Crippen LogP contribution is 2.27. The lowest BCUT2D eigenvalue weighted by atomic mass is 9.97. The van der Waals surface area contributed by atoms with E-state index in [1.54, 1.807) is 18.2 Å². The van der Waals surface area contributed by atoms with Crippen LogP contribution in [0.2, 0.25) is 0 Å². The number of hydrogen-bond acceptors (Lipinski definition) is 3. The van der Waals surface area contributed by atoms with Crippen LogP contribution in [0.4, 0.5) is 0 Å². The SMILES string of the molecule is O=C(O)c1ccc2oc(CC3CCCCCC3)nc2c1. The van der Waals surface area contributed by atoms with Gasteiger partial charge >= 0.3 is 5.97 Å². The van der Waals surface area contributed by atoms with Gasteiger partial charge in [-0.15, -0.1) is 0 Å². The molecule has 1 saturated carbocycles. The van der Waals surface area contributed by atoms with Gasteiger partial charge in [0, 0.05) is 6.42 Å². The third-order valence-electron chi connectivity index (χ3n) is 4.12. The van der Waals surface area contributed by atoms with Gasteiger partial charge in [0.05, 0.1) is 5.56 Å². The molecule has 1 aromatic carbocycles. The molecule has 0 amide bonds. The van der Waals surface area contributed by atoms with Crippen molar-refractivity contribution in [3.05, 3.63) is 29.7 Å². The Morgan fingerprint density at radius 2 is 2.00 bits per heavy atom. The van der Waals surface area contributed by atoms with Crippen molar-refractivity contribution in [2.75, 3.05) is 0 Å². The van der Waals surface area contributed by atoms with Crippen molar-refractivity contribution in [2.45, 2.75) is 44.9 Å². The Morgan fingerprint density at radius 1 is 1.25 bits per heavy atom. The highest BCUT2D eigenvalue weighted by Gasteiger charge is 2.16. The monoisotopic (exact) mass is 273 g/mol. The molecule has 4 nitrogen and oxygen atoms in total. The molecule has 0 unspecified atom stereocenters. The van der Waals surface area contributed by atoms with Gasteiger partial charge in [-0.3, -0.25) is 0 Å². The number of carbonyl (C=O) groups is 1. The minimum Gasteiger partial charge on any atom is -0.478 e. The van der Waals surface area contributed by atoms with Gasteiger partial charge in [-0.05, 0) is 37.0 Å². The normalized spacial score (nSPS) is 17.2. The predicted molar refractivity (Wildman–Crippen MR) is 75.9 cm³/mol. The summed E-state index contributed by atoms with van der Waals surface area (Å²) in [5, 5.41) is 8.99. The van der Waals surface area contributed by atoms with Gasteiger partial charge in [-0.1, -0.05) is 25.7 Å². The number of carboxylic acid groups (broad SMARTS) is 1. The van der Waals surface area contributed by atoms with Crippen LogP contribution in [0.1, 0.15) is 54.8 Å². The van der Waals surface area contributed by atoms with Crippen LogP contribution in [0.25, 0.3) is 11.1 Å². The number of aromatic carboxylic acids is 1. The van der Waals surface area contributed by atoms with Crippen LogP contribution in [0, 0.1) is 5.92 Å². The standard InChI is InChI=1S/C16H19NO3/c18-16(19)12-7-8-14-13(10-12)17-15(20-14)9-11-5-3-1-2-4-6-11/h7-8,10-11H,1-6,9H2,(H,18,19). The fraction of sp³-hybridized carbons (Fsp3) is 0.500. The maximum absolute atomic E-state index is 10.9. The van der Waals surface area contributed by atoms with Gasteiger partial charge in [0.1, 0.15) is 5.52 Å². The molecule has 1 N–H and O–H groups in total. The molecular weight excluding hydrogens is 254 g/mol. The van der Waals surface area contributed by atoms with Gasteiger partial charge in [0.2, 0.25) is 0 Å². The minimum atomic E-state index is -0.930. The van der Waals surface area contributed by atoms with Crippen LogP contribution in [0.3, 0.4) is 0 Å². The zero-order chi connectivity index (χ0) is 13.9. The van der Waals surface area contributed by atoms with Crippen molar-refractivity contribution in [1.29, 1.82) is 0 Å². The third kappa shape index (κ3) is 2.84. The molecule has 0 saturated heterocycles. The van der Waals surface area contributed by atoms with Crippen molar-refractivity contribution >= 4 is 17.1 Å². The number of nitrogens with zero attached hydrogens (tertiary/aromatic N) is 1. The smallest absolute Gasteiger partial charge is 0.335 e. The highest BCUT2D eigenvalue weighted by atomic mass is 16.4. The summed E-state index contributed by atoms with van der Waals surface area (Å²) in [5.41, 5.74) is 1.58. The van der Waals surface area contributed by atoms with Crippen molar-refractivity contribution in [3.63, 3.8) is 0 Å². The van der Waals surface area contributed by atoms with Gasteiger partial charge in [-0.25, -0.2) is 9.78 Å². The lowest BCUT2D eigenvalue weighted by Gasteiger charge is -2.10. The Morgan fingerprint density at radius 3 is 2.70 bits per heavy atom. The van der Waals surface area contributed by atoms with E-state index in [1.807, 2.05) is 0 Å². The third-order valence-corrected chi connectivity index (χ3v) is 4.12. The van der Waals surface area contributed by atoms with E-state index in [-0.39, 0.29) is 5.56 Å². The molecule has 0 radical (unpaired) electrons. The van der Waals surface area contributed by atoms with E-state index >= 15 is 0 Å². The summed E-state index contributed by atoms with van der Waals surface area (Å²) in [7, 11) is 0. The Balaban J connectivity index is 1.79. The average Bonchev–Trinajstić information content (AvgIpc) is 2.64. The van der Waals surface area contributed by atoms with Gasteiger partial charge in [-0.2, -0.15) is 0 Å². The number of carboxylic acids is 1. The van der Waals surface area contributed by atoms with Crippen LogP contribution < -0.4 is 0 Å². The van der Waals surface area contributed by atoms with Crippen LogP contribution in [0.5, 0.6) is 0 Å². The molecule has 1 aliphatic carbocycles. The van der Waals surface area contributed by atoms with Crippen LogP contribution in [-0.2, 0) is 6.42 Å². The maximum Gasteiger partial charge on any atom is 0.335 e. The Hall–Kier alpha value is -1.84. The summed E-state index contributed by atoms with van der Waals surface area (Å²) in [6.07, 6.45) is 8.65. The van der Waals surface area contributed by atoms with E-state index in [9.17, 15) is 4.79 Å². The Kier molecular flexibility index (Phi) is 3.72. The second-order valence-electron chi connectivity index (χ2n) is 5.66. The molecule has 4 heteroatoms. The summed E-state index contributed by atoms with van der Waals surface area (Å²) < 4.78 is 5.74. The quantitative estimate of drug-likeness (QED) is 0.857. The second kappa shape index (κ2) is 5.65. The van der Waals surface area contributed by atoms with Crippen molar-refractivity contribution < 1.29 is 14.3 Å². The molecule has 20 heavy (non-hydrogen) atoms. The van der Waals surface area contributed by atoms with Crippen LogP contribution in [0.15, 0.2) is 22.6 Å². The molecular formula is C16H19NO3. The molecule has 2 aromatic rings. The number of fused-ring (bicyclic) bond motifs is 1. The number of hydrogen-bond donors (Lipinski definition) is 1. The highest BCUT2D eigenvalue weighted by molar-refractivity contribution is 5.91. The predicted octanol–water partition coefficient (Wildman–Crippen LogP) is 4.04. The zero-order valence-electron chi connectivity index (χ0n) is 11.5. The summed E-state index contributed by atoms with van der Waals surface area (Å²) >= 11 is 0. The first-order valence-electron chi connectivity index (χ1n) is 7.35. The fourth-order valence-corrected chi connectivity index (χ4v) is 3.01. The lowest BCUT2D eigenvalue weighted by Crippen LogP contribution is -2.03. The molecule has 1 aliphatic rings. The molecule has 0 bridgehead atoms. The number of oxazole rings is 1. The molecule has 1 heterocycles. The summed E-state index contributed by atoms with van der Waals surface area (Å²) in [5.74, 6) is 0.471. The molecule has 1 fully saturated rings. The largest absolute Gasteiger partial charge is 0.478 e. The van der Waals surface area contributed by atoms with Crippen LogP contribution in [-0.4, -0.2) is 16.1 Å². The molecule has 0 atom stereocenters.